The number of aryl methyl sites for hydroxylation is 3. The molecule has 2 heterocycles. The number of hydrogen-bond donors (Lipinski definition) is 1. The summed E-state index contributed by atoms with van der Waals surface area (Å²) in [5, 5.41) is 1.32. The molecule has 37 heavy (non-hydrogen) atoms. The molecule has 0 amide bonds. The minimum Gasteiger partial charge on any atom is -0.497 e. The molecule has 5 rings (SSSR count). The fourth-order valence-corrected chi connectivity index (χ4v) is 5.35. The maximum Gasteiger partial charge on any atom is 0.196 e. The smallest absolute Gasteiger partial charge is 0.196 e. The van der Waals surface area contributed by atoms with Gasteiger partial charge in [0.1, 0.15) is 29.6 Å². The molecule has 6 nitrogen and oxygen atoms in total. The first-order chi connectivity index (χ1) is 18.0. The Hall–Kier alpha value is -3.94. The van der Waals surface area contributed by atoms with E-state index in [1.165, 1.54) is 16.9 Å². The topological polar surface area (TPSA) is 83.7 Å². The maximum absolute atomic E-state index is 13.2. The minimum atomic E-state index is -0.0144. The van der Waals surface area contributed by atoms with Crippen LogP contribution in [-0.2, 0) is 12.8 Å². The first-order valence-corrected chi connectivity index (χ1v) is 13.0. The Morgan fingerprint density at radius 2 is 1.68 bits per heavy atom. The molecule has 188 valence electrons. The van der Waals surface area contributed by atoms with E-state index < -0.39 is 0 Å². The number of benzene rings is 3. The normalized spacial score (nSPS) is 11.1. The summed E-state index contributed by atoms with van der Waals surface area (Å²) in [4.78, 5) is 17.8. The van der Waals surface area contributed by atoms with Gasteiger partial charge in [-0.3, -0.25) is 9.78 Å². The Balaban J connectivity index is 1.35. The van der Waals surface area contributed by atoms with Crippen molar-refractivity contribution in [1.29, 1.82) is 0 Å². The molecule has 0 saturated heterocycles. The molecule has 5 aromatic rings. The summed E-state index contributed by atoms with van der Waals surface area (Å²) in [7, 11) is 1.67. The van der Waals surface area contributed by atoms with Crippen molar-refractivity contribution in [3.05, 3.63) is 100.0 Å². The SMILES string of the molecule is COc1ccc(CCc2ccc(Oc3ccc4c(=O)c5cc(C)cc(OCCN)c5sc4c3)cn2)cc1. The summed E-state index contributed by atoms with van der Waals surface area (Å²) in [6, 6.07) is 21.4. The molecule has 2 N–H and O–H groups in total. The fourth-order valence-electron chi connectivity index (χ4n) is 4.20. The molecule has 3 aromatic carbocycles. The van der Waals surface area contributed by atoms with E-state index in [-0.39, 0.29) is 5.43 Å². The van der Waals surface area contributed by atoms with Gasteiger partial charge in [-0.05, 0) is 85.5 Å². The number of hydrogen-bond acceptors (Lipinski definition) is 7. The molecular weight excluding hydrogens is 484 g/mol. The summed E-state index contributed by atoms with van der Waals surface area (Å²) >= 11 is 1.52. The van der Waals surface area contributed by atoms with Gasteiger partial charge in [0.2, 0.25) is 0 Å². The molecule has 0 aliphatic heterocycles. The number of aromatic nitrogens is 1. The monoisotopic (exact) mass is 512 g/mol. The Morgan fingerprint density at radius 3 is 2.41 bits per heavy atom. The van der Waals surface area contributed by atoms with Gasteiger partial charge in [0.05, 0.1) is 18.0 Å². The van der Waals surface area contributed by atoms with Gasteiger partial charge >= 0.3 is 0 Å². The summed E-state index contributed by atoms with van der Waals surface area (Å²) in [5.74, 6) is 2.83. The van der Waals surface area contributed by atoms with Crippen LogP contribution in [0.1, 0.15) is 16.8 Å². The first kappa shape index (κ1) is 24.7. The van der Waals surface area contributed by atoms with Crippen molar-refractivity contribution >= 4 is 31.5 Å². The zero-order valence-corrected chi connectivity index (χ0v) is 21.6. The number of pyridine rings is 1. The Morgan fingerprint density at radius 1 is 0.892 bits per heavy atom. The lowest BCUT2D eigenvalue weighted by Crippen LogP contribution is -2.11. The van der Waals surface area contributed by atoms with Gasteiger partial charge in [-0.15, -0.1) is 11.3 Å². The highest BCUT2D eigenvalue weighted by Crippen LogP contribution is 2.35. The fraction of sp³-hybridized carbons (Fsp3) is 0.200. The van der Waals surface area contributed by atoms with Gasteiger partial charge in [0.25, 0.3) is 0 Å². The highest BCUT2D eigenvalue weighted by molar-refractivity contribution is 7.24. The second kappa shape index (κ2) is 11.0. The molecule has 0 saturated carbocycles. The van der Waals surface area contributed by atoms with E-state index >= 15 is 0 Å². The highest BCUT2D eigenvalue weighted by Gasteiger charge is 2.13. The van der Waals surface area contributed by atoms with E-state index in [1.54, 1.807) is 13.3 Å². The second-order valence-corrected chi connectivity index (χ2v) is 9.85. The van der Waals surface area contributed by atoms with Crippen molar-refractivity contribution in [1.82, 2.24) is 4.98 Å². The molecule has 0 aliphatic carbocycles. The third-order valence-electron chi connectivity index (χ3n) is 6.09. The zero-order chi connectivity index (χ0) is 25.8. The van der Waals surface area contributed by atoms with E-state index in [1.807, 2.05) is 61.5 Å². The summed E-state index contributed by atoms with van der Waals surface area (Å²) in [6.07, 6.45) is 3.46. The summed E-state index contributed by atoms with van der Waals surface area (Å²) in [5.41, 5.74) is 8.81. The Bertz CT molecular complexity index is 1600. The van der Waals surface area contributed by atoms with Crippen LogP contribution in [0.3, 0.4) is 0 Å². The molecule has 0 atom stereocenters. The van der Waals surface area contributed by atoms with E-state index in [9.17, 15) is 4.79 Å². The molecule has 0 aliphatic rings. The van der Waals surface area contributed by atoms with Crippen molar-refractivity contribution in [2.45, 2.75) is 19.8 Å². The van der Waals surface area contributed by atoms with E-state index in [4.69, 9.17) is 19.9 Å². The average molecular weight is 513 g/mol. The van der Waals surface area contributed by atoms with Gasteiger partial charge in [-0.1, -0.05) is 12.1 Å². The minimum absolute atomic E-state index is 0.0144. The lowest BCUT2D eigenvalue weighted by atomic mass is 10.1. The molecule has 0 spiro atoms. The standard InChI is InChI=1S/C30H28N2O4S/c1-19-15-26-29(33)25-12-11-23(17-28(25)37-30(26)27(16-19)35-14-13-31)36-24-10-7-21(32-18-24)6-3-20-4-8-22(34-2)9-5-20/h4-5,7-12,15-18H,3,6,13-14,31H2,1-2H3. The van der Waals surface area contributed by atoms with Gasteiger partial charge in [-0.2, -0.15) is 0 Å². The zero-order valence-electron chi connectivity index (χ0n) is 20.8. The number of nitrogens with two attached hydrogens (primary N) is 1. The molecule has 0 unspecified atom stereocenters. The van der Waals surface area contributed by atoms with Crippen LogP contribution in [0.25, 0.3) is 20.2 Å². The maximum atomic E-state index is 13.2. The number of nitrogens with zero attached hydrogens (tertiary/aromatic N) is 1. The van der Waals surface area contributed by atoms with Crippen LogP contribution >= 0.6 is 11.3 Å². The van der Waals surface area contributed by atoms with Crippen LogP contribution in [0.4, 0.5) is 0 Å². The van der Waals surface area contributed by atoms with E-state index in [2.05, 4.69) is 17.1 Å². The molecule has 0 bridgehead atoms. The van der Waals surface area contributed by atoms with Crippen LogP contribution in [0, 0.1) is 6.92 Å². The summed E-state index contributed by atoms with van der Waals surface area (Å²) < 4.78 is 18.8. The highest BCUT2D eigenvalue weighted by atomic mass is 32.1. The lowest BCUT2D eigenvalue weighted by molar-refractivity contribution is 0.332. The third-order valence-corrected chi connectivity index (χ3v) is 7.27. The van der Waals surface area contributed by atoms with Crippen molar-refractivity contribution in [3.8, 4) is 23.0 Å². The number of ether oxygens (including phenoxy) is 3. The Labute approximate surface area is 219 Å². The van der Waals surface area contributed by atoms with Crippen molar-refractivity contribution in [3.63, 3.8) is 0 Å². The number of fused-ring (bicyclic) bond motifs is 2. The van der Waals surface area contributed by atoms with Gasteiger partial charge in [-0.25, -0.2) is 0 Å². The molecule has 7 heteroatoms. The van der Waals surface area contributed by atoms with Crippen LogP contribution in [0.15, 0.2) is 77.7 Å². The van der Waals surface area contributed by atoms with Gasteiger partial charge in [0, 0.05) is 27.7 Å². The van der Waals surface area contributed by atoms with Gasteiger partial charge < -0.3 is 19.9 Å². The molecule has 0 fully saturated rings. The number of methoxy groups -OCH3 is 1. The van der Waals surface area contributed by atoms with Crippen LogP contribution < -0.4 is 25.4 Å². The van der Waals surface area contributed by atoms with Crippen molar-refractivity contribution in [2.24, 2.45) is 5.73 Å². The molecule has 2 aromatic heterocycles. The van der Waals surface area contributed by atoms with Crippen LogP contribution in [0.2, 0.25) is 0 Å². The second-order valence-electron chi connectivity index (χ2n) is 8.80. The third kappa shape index (κ3) is 5.58. The molecule has 0 radical (unpaired) electrons. The average Bonchev–Trinajstić information content (AvgIpc) is 2.92. The predicted molar refractivity (Wildman–Crippen MR) is 150 cm³/mol. The summed E-state index contributed by atoms with van der Waals surface area (Å²) in [6.45, 7) is 2.76. The van der Waals surface area contributed by atoms with Gasteiger partial charge in [0.15, 0.2) is 5.43 Å². The quantitative estimate of drug-likeness (QED) is 0.242. The first-order valence-electron chi connectivity index (χ1n) is 12.1. The van der Waals surface area contributed by atoms with Crippen molar-refractivity contribution in [2.75, 3.05) is 20.3 Å². The Kier molecular flexibility index (Phi) is 7.35. The van der Waals surface area contributed by atoms with Crippen molar-refractivity contribution < 1.29 is 14.2 Å². The molecular formula is C30H28N2O4S. The van der Waals surface area contributed by atoms with E-state index in [0.29, 0.717) is 41.2 Å². The lowest BCUT2D eigenvalue weighted by Gasteiger charge is -2.11. The van der Waals surface area contributed by atoms with E-state index in [0.717, 1.165) is 39.2 Å². The largest absolute Gasteiger partial charge is 0.497 e. The predicted octanol–water partition coefficient (Wildman–Crippen LogP) is 6.04. The van der Waals surface area contributed by atoms with Crippen LogP contribution in [-0.4, -0.2) is 25.2 Å². The van der Waals surface area contributed by atoms with Crippen LogP contribution in [0.5, 0.6) is 23.0 Å². The number of rotatable bonds is 9.